The Kier molecular flexibility index (Phi) is 7.46. The van der Waals surface area contributed by atoms with E-state index in [1.165, 1.54) is 5.22 Å². The number of fused-ring (bicyclic) bond motifs is 1. The third kappa shape index (κ3) is 3.92. The van der Waals surface area contributed by atoms with Crippen LogP contribution in [0.15, 0.2) is 18.2 Å². The molecule has 0 atom stereocenters. The quantitative estimate of drug-likeness (QED) is 0.533. The minimum Gasteiger partial charge on any atom is -0.294 e. The van der Waals surface area contributed by atoms with Gasteiger partial charge in [-0.25, -0.2) is 0 Å². The molecule has 1 nitrogen and oxygen atoms in total. The molecule has 0 bridgehead atoms. The first-order valence-corrected chi connectivity index (χ1v) is 5.93. The van der Waals surface area contributed by atoms with E-state index < -0.39 is 0 Å². The summed E-state index contributed by atoms with van der Waals surface area (Å²) in [5, 5.41) is 2.33. The maximum atomic E-state index is 11.3. The Balaban J connectivity index is 0.000000581. The number of hydrogen-bond donors (Lipinski definition) is 0. The number of terminal acetylenes is 1. The predicted molar refractivity (Wildman–Crippen MR) is 75.1 cm³/mol. The van der Waals surface area contributed by atoms with Gasteiger partial charge in [0.05, 0.1) is 0 Å². The summed E-state index contributed by atoms with van der Waals surface area (Å²) >= 11 is 0. The SMILES string of the molecule is C#C.CC.CC(=O)c1cccc2c1=CCCC=2. The third-order valence-corrected chi connectivity index (χ3v) is 2.40. The van der Waals surface area contributed by atoms with E-state index in [0.717, 1.165) is 23.6 Å². The summed E-state index contributed by atoms with van der Waals surface area (Å²) < 4.78 is 0. The maximum Gasteiger partial charge on any atom is 0.160 e. The summed E-state index contributed by atoms with van der Waals surface area (Å²) in [6, 6.07) is 5.92. The molecule has 0 spiro atoms. The highest BCUT2D eigenvalue weighted by molar-refractivity contribution is 5.94. The van der Waals surface area contributed by atoms with Crippen molar-refractivity contribution in [3.05, 3.63) is 34.2 Å². The lowest BCUT2D eigenvalue weighted by molar-refractivity contribution is 0.101. The normalized spacial score (nSPS) is 11.1. The van der Waals surface area contributed by atoms with Gasteiger partial charge < -0.3 is 0 Å². The number of carbonyl (C=O) groups excluding carboxylic acids is 1. The molecule has 1 aliphatic rings. The van der Waals surface area contributed by atoms with Crippen LogP contribution in [-0.2, 0) is 0 Å². The van der Waals surface area contributed by atoms with Crippen molar-refractivity contribution in [1.29, 1.82) is 0 Å². The summed E-state index contributed by atoms with van der Waals surface area (Å²) in [5.41, 5.74) is 0.855. The van der Waals surface area contributed by atoms with E-state index in [2.05, 4.69) is 31.1 Å². The minimum atomic E-state index is 0.156. The predicted octanol–water partition coefficient (Wildman–Crippen LogP) is 2.52. The molecule has 0 aromatic heterocycles. The summed E-state index contributed by atoms with van der Waals surface area (Å²) in [5.74, 6) is 0.156. The van der Waals surface area contributed by atoms with Gasteiger partial charge in [-0.2, -0.15) is 0 Å². The van der Waals surface area contributed by atoms with Gasteiger partial charge in [0.15, 0.2) is 5.78 Å². The molecule has 0 N–H and O–H groups in total. The summed E-state index contributed by atoms with van der Waals surface area (Å²) in [6.45, 7) is 5.62. The maximum absolute atomic E-state index is 11.3. The van der Waals surface area contributed by atoms with E-state index in [1.54, 1.807) is 6.92 Å². The standard InChI is InChI=1S/C12H12O.C2H6.C2H2/c1-9(13)11-8-4-6-10-5-2-3-7-12(10)11;2*1-2/h4-8H,2-3H2,1H3;1-2H3;1-2H. The first-order chi connectivity index (χ1) is 8.29. The topological polar surface area (TPSA) is 17.1 Å². The van der Waals surface area contributed by atoms with Crippen molar-refractivity contribution in [2.75, 3.05) is 0 Å². The molecule has 0 radical (unpaired) electrons. The van der Waals surface area contributed by atoms with Crippen molar-refractivity contribution in [2.24, 2.45) is 0 Å². The fourth-order valence-electron chi connectivity index (χ4n) is 1.76. The van der Waals surface area contributed by atoms with E-state index >= 15 is 0 Å². The Morgan fingerprint density at radius 2 is 1.71 bits per heavy atom. The monoisotopic (exact) mass is 228 g/mol. The van der Waals surface area contributed by atoms with Crippen molar-refractivity contribution in [3.8, 4) is 12.8 Å². The zero-order chi connectivity index (χ0) is 13.3. The molecule has 1 aromatic carbocycles. The van der Waals surface area contributed by atoms with Gasteiger partial charge in [0.2, 0.25) is 0 Å². The molecule has 0 amide bonds. The van der Waals surface area contributed by atoms with Crippen LogP contribution in [0.1, 0.15) is 44.0 Å². The van der Waals surface area contributed by atoms with Gasteiger partial charge in [0.1, 0.15) is 0 Å². The third-order valence-electron chi connectivity index (χ3n) is 2.40. The van der Waals surface area contributed by atoms with Gasteiger partial charge in [0.25, 0.3) is 0 Å². The molecule has 0 fully saturated rings. The van der Waals surface area contributed by atoms with Crippen molar-refractivity contribution in [2.45, 2.75) is 33.6 Å². The number of rotatable bonds is 1. The molecule has 2 rings (SSSR count). The van der Waals surface area contributed by atoms with Crippen molar-refractivity contribution in [1.82, 2.24) is 0 Å². The zero-order valence-electron chi connectivity index (χ0n) is 10.9. The van der Waals surface area contributed by atoms with Crippen LogP contribution < -0.4 is 10.4 Å². The van der Waals surface area contributed by atoms with Gasteiger partial charge in [-0.1, -0.05) is 44.2 Å². The van der Waals surface area contributed by atoms with Crippen LogP contribution in [-0.4, -0.2) is 5.78 Å². The Labute approximate surface area is 104 Å². The van der Waals surface area contributed by atoms with E-state index in [4.69, 9.17) is 0 Å². The van der Waals surface area contributed by atoms with Crippen LogP contribution in [0.2, 0.25) is 0 Å². The number of Topliss-reactive ketones (excluding diaryl/α,β-unsaturated/α-hetero) is 1. The Morgan fingerprint density at radius 1 is 1.12 bits per heavy atom. The average molecular weight is 228 g/mol. The van der Waals surface area contributed by atoms with Crippen LogP contribution in [0.5, 0.6) is 0 Å². The zero-order valence-corrected chi connectivity index (χ0v) is 10.9. The molecule has 0 saturated heterocycles. The largest absolute Gasteiger partial charge is 0.294 e. The Morgan fingerprint density at radius 3 is 2.29 bits per heavy atom. The van der Waals surface area contributed by atoms with Crippen LogP contribution in [0.25, 0.3) is 12.2 Å². The smallest absolute Gasteiger partial charge is 0.160 e. The van der Waals surface area contributed by atoms with Gasteiger partial charge in [-0.05, 0) is 30.2 Å². The number of benzene rings is 1. The fourth-order valence-corrected chi connectivity index (χ4v) is 1.76. The number of hydrogen-bond acceptors (Lipinski definition) is 1. The van der Waals surface area contributed by atoms with E-state index in [-0.39, 0.29) is 5.78 Å². The van der Waals surface area contributed by atoms with Crippen molar-refractivity contribution in [3.63, 3.8) is 0 Å². The van der Waals surface area contributed by atoms with Gasteiger partial charge in [-0.15, -0.1) is 12.8 Å². The molecule has 1 aromatic rings. The lowest BCUT2D eigenvalue weighted by atomic mass is 10.0. The summed E-state index contributed by atoms with van der Waals surface area (Å²) in [7, 11) is 0. The molecule has 1 aliphatic carbocycles. The Hall–Kier alpha value is -1.81. The van der Waals surface area contributed by atoms with E-state index in [9.17, 15) is 4.79 Å². The van der Waals surface area contributed by atoms with E-state index in [1.807, 2.05) is 26.0 Å². The van der Waals surface area contributed by atoms with Gasteiger partial charge in [0, 0.05) is 5.56 Å². The Bertz CT molecular complexity index is 492. The van der Waals surface area contributed by atoms with Crippen LogP contribution in [0.4, 0.5) is 0 Å². The van der Waals surface area contributed by atoms with Gasteiger partial charge in [-0.3, -0.25) is 4.79 Å². The second-order valence-corrected chi connectivity index (χ2v) is 3.35. The highest BCUT2D eigenvalue weighted by Crippen LogP contribution is 1.98. The van der Waals surface area contributed by atoms with Crippen LogP contribution in [0, 0.1) is 12.8 Å². The van der Waals surface area contributed by atoms with Gasteiger partial charge >= 0.3 is 0 Å². The van der Waals surface area contributed by atoms with Crippen LogP contribution >= 0.6 is 0 Å². The molecule has 0 unspecified atom stereocenters. The highest BCUT2D eigenvalue weighted by atomic mass is 16.1. The molecule has 0 aliphatic heterocycles. The average Bonchev–Trinajstić information content (AvgIpc) is 2.42. The molecular weight excluding hydrogens is 208 g/mol. The molecule has 90 valence electrons. The number of carbonyl (C=O) groups is 1. The second-order valence-electron chi connectivity index (χ2n) is 3.35. The minimum absolute atomic E-state index is 0.156. The first kappa shape index (κ1) is 15.2. The van der Waals surface area contributed by atoms with E-state index in [0.29, 0.717) is 0 Å². The highest BCUT2D eigenvalue weighted by Gasteiger charge is 2.02. The molecular formula is C16H20O. The molecule has 0 saturated carbocycles. The second kappa shape index (κ2) is 8.35. The lowest BCUT2D eigenvalue weighted by Crippen LogP contribution is -2.31. The first-order valence-electron chi connectivity index (χ1n) is 5.93. The fraction of sp³-hybridized carbons (Fsp3) is 0.312. The molecule has 1 heteroatoms. The molecule has 0 heterocycles. The summed E-state index contributed by atoms with van der Waals surface area (Å²) in [6.07, 6.45) is 14.5. The summed E-state index contributed by atoms with van der Waals surface area (Å²) in [4.78, 5) is 11.3. The van der Waals surface area contributed by atoms with Crippen molar-refractivity contribution >= 4 is 17.9 Å². The van der Waals surface area contributed by atoms with Crippen molar-refractivity contribution < 1.29 is 4.79 Å². The lowest BCUT2D eigenvalue weighted by Gasteiger charge is -2.03. The molecule has 17 heavy (non-hydrogen) atoms. The number of ketones is 1. The van der Waals surface area contributed by atoms with Crippen LogP contribution in [0.3, 0.4) is 0 Å².